The molecular weight excluding hydrogens is 338 g/mol. The van der Waals surface area contributed by atoms with Crippen LogP contribution in [-0.2, 0) is 22.6 Å². The van der Waals surface area contributed by atoms with Crippen LogP contribution in [-0.4, -0.2) is 31.6 Å². The average Bonchev–Trinajstić information content (AvgIpc) is 2.60. The molecule has 0 amide bonds. The van der Waals surface area contributed by atoms with Crippen LogP contribution in [0, 0.1) is 0 Å². The first-order valence-electron chi connectivity index (χ1n) is 9.37. The zero-order valence-corrected chi connectivity index (χ0v) is 17.4. The van der Waals surface area contributed by atoms with Gasteiger partial charge in [0, 0.05) is 21.2 Å². The lowest BCUT2D eigenvalue weighted by Crippen LogP contribution is -2.45. The Labute approximate surface area is 159 Å². The Morgan fingerprint density at radius 3 is 1.77 bits per heavy atom. The Kier molecular flexibility index (Phi) is 7.61. The largest absolute Gasteiger partial charge is 0.465 e. The molecule has 2 aromatic carbocycles. The van der Waals surface area contributed by atoms with Crippen molar-refractivity contribution in [1.29, 1.82) is 0 Å². The number of nitrogens with zero attached hydrogens (tertiary/aromatic N) is 1. The average molecular weight is 370 g/mol. The molecule has 4 heteroatoms. The number of hydrogen-bond donors (Lipinski definition) is 0. The smallest absolute Gasteiger partial charge is 0.323 e. The lowest BCUT2D eigenvalue weighted by molar-refractivity contribution is -0.149. The second kappa shape index (κ2) is 9.69. The third-order valence-corrected chi connectivity index (χ3v) is 5.87. The van der Waals surface area contributed by atoms with E-state index >= 15 is 0 Å². The first kappa shape index (κ1) is 20.4. The number of ether oxygens (including phenoxy) is 1. The molecule has 0 saturated heterocycles. The van der Waals surface area contributed by atoms with Crippen molar-refractivity contribution in [3.05, 3.63) is 71.8 Å². The normalized spacial score (nSPS) is 12.8. The minimum absolute atomic E-state index is 0.0956. The van der Waals surface area contributed by atoms with Gasteiger partial charge in [-0.1, -0.05) is 80.3 Å². The van der Waals surface area contributed by atoms with Crippen molar-refractivity contribution in [3.63, 3.8) is 0 Å². The fourth-order valence-electron chi connectivity index (χ4n) is 3.09. The fraction of sp³-hybridized carbons (Fsp3) is 0.409. The second-order valence-corrected chi connectivity index (χ2v) is 13.4. The van der Waals surface area contributed by atoms with Gasteiger partial charge in [-0.2, -0.15) is 0 Å². The summed E-state index contributed by atoms with van der Waals surface area (Å²) in [6.07, 6.45) is 0. The van der Waals surface area contributed by atoms with Crippen molar-refractivity contribution in [2.75, 3.05) is 6.61 Å². The number of carbonyl (C=O) groups is 1. The van der Waals surface area contributed by atoms with E-state index in [1.54, 1.807) is 0 Å². The van der Waals surface area contributed by atoms with Gasteiger partial charge < -0.3 is 4.74 Å². The van der Waals surface area contributed by atoms with Crippen molar-refractivity contribution in [1.82, 2.24) is 4.90 Å². The molecule has 2 aromatic rings. The van der Waals surface area contributed by atoms with Crippen molar-refractivity contribution < 1.29 is 9.53 Å². The van der Waals surface area contributed by atoms with Crippen LogP contribution in [0.2, 0.25) is 25.7 Å². The molecule has 0 aliphatic carbocycles. The summed E-state index contributed by atoms with van der Waals surface area (Å²) in [6.45, 7) is 10.7. The van der Waals surface area contributed by atoms with Crippen LogP contribution in [0.1, 0.15) is 18.1 Å². The molecule has 26 heavy (non-hydrogen) atoms. The van der Waals surface area contributed by atoms with Gasteiger partial charge >= 0.3 is 5.97 Å². The summed E-state index contributed by atoms with van der Waals surface area (Å²) in [4.78, 5) is 15.1. The van der Waals surface area contributed by atoms with Crippen LogP contribution in [0.15, 0.2) is 60.7 Å². The molecule has 1 unspecified atom stereocenters. The van der Waals surface area contributed by atoms with Gasteiger partial charge in [0.15, 0.2) is 0 Å². The standard InChI is InChI=1S/C22H31NO2Si/c1-5-25-22(24)21(18-26(2,3)4)23(16-19-12-8-6-9-13-19)17-20-14-10-7-11-15-20/h6-15,21H,5,16-18H2,1-4H3. The number of benzene rings is 2. The number of hydrogen-bond acceptors (Lipinski definition) is 3. The third kappa shape index (κ3) is 6.77. The lowest BCUT2D eigenvalue weighted by Gasteiger charge is -2.33. The minimum atomic E-state index is -1.45. The summed E-state index contributed by atoms with van der Waals surface area (Å²) in [5, 5.41) is 0. The molecule has 0 heterocycles. The van der Waals surface area contributed by atoms with Gasteiger partial charge in [-0.15, -0.1) is 0 Å². The topological polar surface area (TPSA) is 29.5 Å². The molecule has 140 valence electrons. The summed E-state index contributed by atoms with van der Waals surface area (Å²) >= 11 is 0. The summed E-state index contributed by atoms with van der Waals surface area (Å²) < 4.78 is 5.45. The molecule has 0 spiro atoms. The van der Waals surface area contributed by atoms with Gasteiger partial charge in [-0.25, -0.2) is 0 Å². The summed E-state index contributed by atoms with van der Waals surface area (Å²) in [7, 11) is -1.45. The molecule has 1 atom stereocenters. The van der Waals surface area contributed by atoms with E-state index in [0.717, 1.165) is 19.1 Å². The van der Waals surface area contributed by atoms with Crippen LogP contribution in [0.3, 0.4) is 0 Å². The van der Waals surface area contributed by atoms with Gasteiger partial charge in [0.2, 0.25) is 0 Å². The third-order valence-electron chi connectivity index (χ3n) is 4.26. The molecule has 0 aliphatic rings. The predicted octanol–water partition coefficient (Wildman–Crippen LogP) is 4.96. The molecule has 0 saturated carbocycles. The molecule has 2 rings (SSSR count). The number of esters is 1. The first-order chi connectivity index (χ1) is 12.4. The van der Waals surface area contributed by atoms with Crippen LogP contribution < -0.4 is 0 Å². The van der Waals surface area contributed by atoms with E-state index in [9.17, 15) is 4.79 Å². The van der Waals surface area contributed by atoms with Crippen LogP contribution in [0.4, 0.5) is 0 Å². The zero-order chi connectivity index (χ0) is 19.0. The van der Waals surface area contributed by atoms with Gasteiger partial charge in [-0.3, -0.25) is 9.69 Å². The summed E-state index contributed by atoms with van der Waals surface area (Å²) in [6, 6.07) is 21.4. The zero-order valence-electron chi connectivity index (χ0n) is 16.4. The van der Waals surface area contributed by atoms with E-state index in [1.807, 2.05) is 43.3 Å². The molecule has 0 radical (unpaired) electrons. The highest BCUT2D eigenvalue weighted by atomic mass is 28.3. The first-order valence-corrected chi connectivity index (χ1v) is 13.1. The second-order valence-electron chi connectivity index (χ2n) is 7.91. The van der Waals surface area contributed by atoms with Crippen molar-refractivity contribution in [2.45, 2.75) is 51.7 Å². The summed E-state index contributed by atoms with van der Waals surface area (Å²) in [5.74, 6) is -0.0956. The van der Waals surface area contributed by atoms with Gasteiger partial charge in [0.1, 0.15) is 6.04 Å². The number of carbonyl (C=O) groups excluding carboxylic acids is 1. The van der Waals surface area contributed by atoms with E-state index in [4.69, 9.17) is 4.74 Å². The highest BCUT2D eigenvalue weighted by Crippen LogP contribution is 2.22. The monoisotopic (exact) mass is 369 g/mol. The van der Waals surface area contributed by atoms with Crippen molar-refractivity contribution in [3.8, 4) is 0 Å². The van der Waals surface area contributed by atoms with Crippen molar-refractivity contribution in [2.24, 2.45) is 0 Å². The van der Waals surface area contributed by atoms with Gasteiger partial charge in [0.05, 0.1) is 6.61 Å². The molecule has 0 fully saturated rings. The minimum Gasteiger partial charge on any atom is -0.465 e. The van der Waals surface area contributed by atoms with Gasteiger partial charge in [-0.05, 0) is 24.1 Å². The maximum absolute atomic E-state index is 12.8. The van der Waals surface area contributed by atoms with Crippen LogP contribution >= 0.6 is 0 Å². The molecule has 0 bridgehead atoms. The molecule has 0 aliphatic heterocycles. The van der Waals surface area contributed by atoms with E-state index in [2.05, 4.69) is 48.8 Å². The Morgan fingerprint density at radius 2 is 1.38 bits per heavy atom. The summed E-state index contributed by atoms with van der Waals surface area (Å²) in [5.41, 5.74) is 2.43. The lowest BCUT2D eigenvalue weighted by atomic mass is 10.1. The maximum Gasteiger partial charge on any atom is 0.323 e. The van der Waals surface area contributed by atoms with E-state index in [0.29, 0.717) is 6.61 Å². The fourth-order valence-corrected chi connectivity index (χ4v) is 4.68. The highest BCUT2D eigenvalue weighted by molar-refractivity contribution is 6.76. The Bertz CT molecular complexity index is 626. The Balaban J connectivity index is 2.31. The highest BCUT2D eigenvalue weighted by Gasteiger charge is 2.32. The van der Waals surface area contributed by atoms with E-state index in [1.165, 1.54) is 11.1 Å². The maximum atomic E-state index is 12.8. The van der Waals surface area contributed by atoms with E-state index < -0.39 is 8.07 Å². The van der Waals surface area contributed by atoms with Crippen molar-refractivity contribution >= 4 is 14.0 Å². The predicted molar refractivity (Wildman–Crippen MR) is 111 cm³/mol. The van der Waals surface area contributed by atoms with Crippen LogP contribution in [0.25, 0.3) is 0 Å². The Morgan fingerprint density at radius 1 is 0.923 bits per heavy atom. The van der Waals surface area contributed by atoms with Gasteiger partial charge in [0.25, 0.3) is 0 Å². The SMILES string of the molecule is CCOC(=O)C(C[Si](C)(C)C)N(Cc1ccccc1)Cc1ccccc1. The van der Waals surface area contributed by atoms with E-state index in [-0.39, 0.29) is 12.0 Å². The Hall–Kier alpha value is -1.91. The molecule has 0 N–H and O–H groups in total. The molecule has 3 nitrogen and oxygen atoms in total. The molecule has 0 aromatic heterocycles. The van der Waals surface area contributed by atoms with Crippen LogP contribution in [0.5, 0.6) is 0 Å². The number of rotatable bonds is 9. The molecular formula is C22H31NO2Si. The quantitative estimate of drug-likeness (QED) is 0.462.